The van der Waals surface area contributed by atoms with E-state index >= 15 is 0 Å². The molecule has 1 aromatic heterocycles. The van der Waals surface area contributed by atoms with Crippen molar-refractivity contribution in [3.63, 3.8) is 0 Å². The molecule has 0 unspecified atom stereocenters. The van der Waals surface area contributed by atoms with Crippen LogP contribution in [0.5, 0.6) is 5.75 Å². The highest BCUT2D eigenvalue weighted by Crippen LogP contribution is 2.37. The number of hydrogen-bond donors (Lipinski definition) is 1. The summed E-state index contributed by atoms with van der Waals surface area (Å²) in [5, 5.41) is 5.22. The van der Waals surface area contributed by atoms with E-state index < -0.39 is 47.7 Å². The Morgan fingerprint density at radius 2 is 1.93 bits per heavy atom. The van der Waals surface area contributed by atoms with Crippen molar-refractivity contribution < 1.29 is 31.9 Å². The standard InChI is InChI=1S/C17H18F4N4O3/c1-24(2)13(26)9-28-12-7-5-4-6-10(12)17(20,21)16(27)22-11-8-25(3)23-14(11)15(18)19/h4-8,15H,9H2,1-3H3,(H,22,27). The Balaban J connectivity index is 2.26. The van der Waals surface area contributed by atoms with Crippen LogP contribution in [0.25, 0.3) is 0 Å². The number of amides is 2. The Hall–Kier alpha value is -3.11. The predicted molar refractivity (Wildman–Crippen MR) is 91.3 cm³/mol. The smallest absolute Gasteiger partial charge is 0.353 e. The van der Waals surface area contributed by atoms with Gasteiger partial charge in [-0.15, -0.1) is 0 Å². The number of halogens is 4. The summed E-state index contributed by atoms with van der Waals surface area (Å²) in [4.78, 5) is 25.0. The van der Waals surface area contributed by atoms with Crippen LogP contribution in [0.15, 0.2) is 30.5 Å². The molecule has 2 rings (SSSR count). The number of aromatic nitrogens is 2. The lowest BCUT2D eigenvalue weighted by molar-refractivity contribution is -0.141. The van der Waals surface area contributed by atoms with E-state index in [2.05, 4.69) is 5.10 Å². The fourth-order valence-corrected chi connectivity index (χ4v) is 2.21. The first-order valence-electron chi connectivity index (χ1n) is 7.97. The normalized spacial score (nSPS) is 11.4. The summed E-state index contributed by atoms with van der Waals surface area (Å²) in [7, 11) is 4.24. The Kier molecular flexibility index (Phi) is 6.26. The van der Waals surface area contributed by atoms with Crippen LogP contribution in [0.3, 0.4) is 0 Å². The summed E-state index contributed by atoms with van der Waals surface area (Å²) < 4.78 is 61.4. The zero-order valence-corrected chi connectivity index (χ0v) is 15.2. The molecule has 2 aromatic rings. The van der Waals surface area contributed by atoms with Gasteiger partial charge in [-0.25, -0.2) is 8.78 Å². The number of aryl methyl sites for hydroxylation is 1. The molecule has 0 radical (unpaired) electrons. The topological polar surface area (TPSA) is 76.5 Å². The van der Waals surface area contributed by atoms with Gasteiger partial charge in [0.25, 0.3) is 18.2 Å². The highest BCUT2D eigenvalue weighted by molar-refractivity contribution is 5.97. The van der Waals surface area contributed by atoms with Crippen LogP contribution in [-0.2, 0) is 22.6 Å². The van der Waals surface area contributed by atoms with E-state index in [0.717, 1.165) is 16.9 Å². The maximum atomic E-state index is 14.7. The van der Waals surface area contributed by atoms with Gasteiger partial charge in [-0.3, -0.25) is 14.3 Å². The monoisotopic (exact) mass is 402 g/mol. The number of nitrogens with one attached hydrogen (secondary N) is 1. The Morgan fingerprint density at radius 3 is 2.54 bits per heavy atom. The largest absolute Gasteiger partial charge is 0.483 e. The summed E-state index contributed by atoms with van der Waals surface area (Å²) in [6.45, 7) is -0.514. The molecule has 2 amide bonds. The Morgan fingerprint density at radius 1 is 1.29 bits per heavy atom. The first-order valence-corrected chi connectivity index (χ1v) is 7.97. The number of rotatable bonds is 7. The van der Waals surface area contributed by atoms with Crippen molar-refractivity contribution in [1.82, 2.24) is 14.7 Å². The summed E-state index contributed by atoms with van der Waals surface area (Å²) in [5.41, 5.74) is -2.15. The first-order chi connectivity index (χ1) is 13.0. The van der Waals surface area contributed by atoms with E-state index in [0.29, 0.717) is 0 Å². The van der Waals surface area contributed by atoms with Crippen LogP contribution in [0, 0.1) is 0 Å². The zero-order valence-electron chi connectivity index (χ0n) is 15.2. The van der Waals surface area contributed by atoms with Gasteiger partial charge in [0.05, 0.1) is 11.3 Å². The molecule has 0 atom stereocenters. The summed E-state index contributed by atoms with van der Waals surface area (Å²) in [6, 6.07) is 4.77. The lowest BCUT2D eigenvalue weighted by Gasteiger charge is -2.20. The minimum absolute atomic E-state index is 0.377. The zero-order chi connectivity index (χ0) is 21.1. The molecule has 0 bridgehead atoms. The van der Waals surface area contributed by atoms with Crippen LogP contribution in [-0.4, -0.2) is 47.2 Å². The van der Waals surface area contributed by atoms with E-state index in [1.54, 1.807) is 5.32 Å². The second-order valence-corrected chi connectivity index (χ2v) is 6.00. The summed E-state index contributed by atoms with van der Waals surface area (Å²) >= 11 is 0. The van der Waals surface area contributed by atoms with Gasteiger partial charge >= 0.3 is 5.92 Å². The number of carbonyl (C=O) groups excluding carboxylic acids is 2. The molecule has 0 saturated heterocycles. The molecule has 0 aliphatic carbocycles. The maximum Gasteiger partial charge on any atom is 0.353 e. The number of hydrogen-bond acceptors (Lipinski definition) is 4. The molecule has 7 nitrogen and oxygen atoms in total. The lowest BCUT2D eigenvalue weighted by Crippen LogP contribution is -2.33. The molecule has 1 N–H and O–H groups in total. The van der Waals surface area contributed by atoms with E-state index in [1.807, 2.05) is 0 Å². The van der Waals surface area contributed by atoms with Crippen LogP contribution in [0.4, 0.5) is 23.2 Å². The highest BCUT2D eigenvalue weighted by Gasteiger charge is 2.44. The molecule has 0 saturated carbocycles. The molecule has 1 aromatic carbocycles. The summed E-state index contributed by atoms with van der Waals surface area (Å²) in [6.07, 6.45) is -2.06. The fourth-order valence-electron chi connectivity index (χ4n) is 2.21. The highest BCUT2D eigenvalue weighted by atomic mass is 19.3. The number of anilines is 1. The van der Waals surface area contributed by atoms with E-state index in [9.17, 15) is 27.2 Å². The molecule has 152 valence electrons. The molecule has 0 aliphatic rings. The number of likely N-dealkylation sites (N-methyl/N-ethyl adjacent to an activating group) is 1. The molecule has 11 heteroatoms. The van der Waals surface area contributed by atoms with Gasteiger partial charge in [0.1, 0.15) is 5.75 Å². The van der Waals surface area contributed by atoms with Crippen molar-refractivity contribution >= 4 is 17.5 Å². The average molecular weight is 402 g/mol. The van der Waals surface area contributed by atoms with Crippen molar-refractivity contribution in [2.75, 3.05) is 26.0 Å². The molecular formula is C17H18F4N4O3. The van der Waals surface area contributed by atoms with Gasteiger partial charge in [0, 0.05) is 27.3 Å². The van der Waals surface area contributed by atoms with Crippen LogP contribution in [0.2, 0.25) is 0 Å². The Bertz CT molecular complexity index is 868. The second-order valence-electron chi connectivity index (χ2n) is 6.00. The van der Waals surface area contributed by atoms with E-state index in [1.165, 1.54) is 44.2 Å². The number of ether oxygens (including phenoxy) is 1. The average Bonchev–Trinajstić information content (AvgIpc) is 3.00. The fraction of sp³-hybridized carbons (Fsp3) is 0.353. The minimum Gasteiger partial charge on any atom is -0.483 e. The maximum absolute atomic E-state index is 14.7. The van der Waals surface area contributed by atoms with Crippen molar-refractivity contribution in [3.05, 3.63) is 41.7 Å². The van der Waals surface area contributed by atoms with Gasteiger partial charge in [-0.2, -0.15) is 13.9 Å². The van der Waals surface area contributed by atoms with Gasteiger partial charge < -0.3 is 15.0 Å². The van der Waals surface area contributed by atoms with Crippen LogP contribution >= 0.6 is 0 Å². The third-order valence-electron chi connectivity index (χ3n) is 3.67. The third kappa shape index (κ3) is 4.59. The summed E-state index contributed by atoms with van der Waals surface area (Å²) in [5.74, 6) is -6.80. The van der Waals surface area contributed by atoms with Crippen molar-refractivity contribution in [2.45, 2.75) is 12.3 Å². The molecule has 1 heterocycles. The SMILES string of the molecule is CN(C)C(=O)COc1ccccc1C(F)(F)C(=O)Nc1cn(C)nc1C(F)F. The predicted octanol–water partition coefficient (Wildman–Crippen LogP) is 2.56. The first kappa shape index (κ1) is 21.2. The number of benzene rings is 1. The molecule has 28 heavy (non-hydrogen) atoms. The van der Waals surface area contributed by atoms with Gasteiger partial charge in [0.15, 0.2) is 12.3 Å². The van der Waals surface area contributed by atoms with Crippen LogP contribution < -0.4 is 10.1 Å². The number of para-hydroxylation sites is 1. The Labute approximate surface area is 157 Å². The van der Waals surface area contributed by atoms with Crippen molar-refractivity contribution in [3.8, 4) is 5.75 Å². The quantitative estimate of drug-likeness (QED) is 0.723. The lowest BCUT2D eigenvalue weighted by atomic mass is 10.1. The van der Waals surface area contributed by atoms with E-state index in [4.69, 9.17) is 4.74 Å². The van der Waals surface area contributed by atoms with Gasteiger partial charge in [-0.05, 0) is 12.1 Å². The second kappa shape index (κ2) is 8.28. The van der Waals surface area contributed by atoms with Crippen molar-refractivity contribution in [1.29, 1.82) is 0 Å². The van der Waals surface area contributed by atoms with E-state index in [-0.39, 0.29) is 5.75 Å². The van der Waals surface area contributed by atoms with Crippen LogP contribution in [0.1, 0.15) is 17.7 Å². The van der Waals surface area contributed by atoms with Gasteiger partial charge in [-0.1, -0.05) is 12.1 Å². The number of alkyl halides is 4. The number of carbonyl (C=O) groups is 2. The van der Waals surface area contributed by atoms with Crippen molar-refractivity contribution in [2.24, 2.45) is 7.05 Å². The molecular weight excluding hydrogens is 384 g/mol. The molecule has 0 spiro atoms. The molecule has 0 aliphatic heterocycles. The third-order valence-corrected chi connectivity index (χ3v) is 3.67. The minimum atomic E-state index is -4.12. The number of nitrogens with zero attached hydrogens (tertiary/aromatic N) is 3. The molecule has 0 fully saturated rings. The van der Waals surface area contributed by atoms with Gasteiger partial charge in [0.2, 0.25) is 0 Å².